The van der Waals surface area contributed by atoms with Crippen LogP contribution in [0.3, 0.4) is 0 Å². The van der Waals surface area contributed by atoms with Crippen molar-refractivity contribution in [3.8, 4) is 0 Å². The van der Waals surface area contributed by atoms with Gasteiger partial charge in [0.2, 0.25) is 0 Å². The molecule has 5 unspecified atom stereocenters. The Balaban J connectivity index is 1.63. The lowest BCUT2D eigenvalue weighted by Gasteiger charge is -2.58. The second-order valence-corrected chi connectivity index (χ2v) is 9.36. The number of carbonyl (C=O) groups excluding carboxylic acids is 1. The zero-order valence-electron chi connectivity index (χ0n) is 14.9. The fourth-order valence-electron chi connectivity index (χ4n) is 7.34. The molecule has 6 atom stereocenters. The average molecular weight is 316 g/mol. The van der Waals surface area contributed by atoms with Crippen LogP contribution in [-0.2, 0) is 4.79 Å². The normalized spacial score (nSPS) is 49.2. The number of fused-ring (bicyclic) bond motifs is 5. The first kappa shape index (κ1) is 15.9. The van der Waals surface area contributed by atoms with Crippen LogP contribution in [0.1, 0.15) is 71.6 Å². The van der Waals surface area contributed by atoms with Gasteiger partial charge in [0.1, 0.15) is 0 Å². The third kappa shape index (κ3) is 2.20. The van der Waals surface area contributed by atoms with Crippen LogP contribution < -0.4 is 5.73 Å². The molecule has 4 rings (SSSR count). The van der Waals surface area contributed by atoms with Crippen molar-refractivity contribution in [2.45, 2.75) is 71.6 Å². The predicted molar refractivity (Wildman–Crippen MR) is 93.9 cm³/mol. The van der Waals surface area contributed by atoms with Crippen molar-refractivity contribution >= 4 is 5.78 Å². The lowest BCUT2D eigenvalue weighted by Crippen LogP contribution is -2.50. The fraction of sp³-hybridized carbons (Fsp3) is 0.857. The summed E-state index contributed by atoms with van der Waals surface area (Å²) >= 11 is 0. The van der Waals surface area contributed by atoms with Gasteiger partial charge in [0.05, 0.1) is 0 Å². The molecule has 0 radical (unpaired) electrons. The standard InChI is InChI=1S/C21H33NO/c1-20-11-8-19-17(18(20)6-4-14(20)9-12-22)5-3-15-13-16(23)7-10-21(15,19)2/h13-14,17-19H,3-12,22H2,1-2H3/t14?,17?,18?,19?,20?,21-/m0/s1. The smallest absolute Gasteiger partial charge is 0.155 e. The lowest BCUT2D eigenvalue weighted by atomic mass is 9.47. The summed E-state index contributed by atoms with van der Waals surface area (Å²) in [6.07, 6.45) is 13.2. The van der Waals surface area contributed by atoms with Gasteiger partial charge in [-0.1, -0.05) is 19.4 Å². The predicted octanol–water partition coefficient (Wildman–Crippen LogP) is 4.48. The van der Waals surface area contributed by atoms with Crippen LogP contribution in [-0.4, -0.2) is 12.3 Å². The van der Waals surface area contributed by atoms with E-state index in [1.54, 1.807) is 0 Å². The number of hydrogen-bond acceptors (Lipinski definition) is 2. The summed E-state index contributed by atoms with van der Waals surface area (Å²) in [5.41, 5.74) is 8.27. The van der Waals surface area contributed by atoms with Crippen molar-refractivity contribution in [2.24, 2.45) is 40.2 Å². The first-order chi connectivity index (χ1) is 11.0. The van der Waals surface area contributed by atoms with Gasteiger partial charge in [-0.2, -0.15) is 0 Å². The van der Waals surface area contributed by atoms with E-state index in [0.717, 1.165) is 43.1 Å². The quantitative estimate of drug-likeness (QED) is 0.816. The number of nitrogens with two attached hydrogens (primary N) is 1. The number of hydrogen-bond donors (Lipinski definition) is 1. The van der Waals surface area contributed by atoms with Crippen molar-refractivity contribution < 1.29 is 4.79 Å². The first-order valence-electron chi connectivity index (χ1n) is 9.93. The zero-order valence-corrected chi connectivity index (χ0v) is 14.9. The van der Waals surface area contributed by atoms with Gasteiger partial charge in [0.25, 0.3) is 0 Å². The zero-order chi connectivity index (χ0) is 16.2. The summed E-state index contributed by atoms with van der Waals surface area (Å²) < 4.78 is 0. The molecule has 23 heavy (non-hydrogen) atoms. The van der Waals surface area contributed by atoms with E-state index in [0.29, 0.717) is 16.6 Å². The summed E-state index contributed by atoms with van der Waals surface area (Å²) in [6, 6.07) is 0. The summed E-state index contributed by atoms with van der Waals surface area (Å²) in [6.45, 7) is 5.92. The molecule has 0 saturated heterocycles. The number of carbonyl (C=O) groups is 1. The van der Waals surface area contributed by atoms with Crippen LogP contribution in [0, 0.1) is 34.5 Å². The van der Waals surface area contributed by atoms with Crippen molar-refractivity contribution in [1.29, 1.82) is 0 Å². The molecule has 2 N–H and O–H groups in total. The maximum Gasteiger partial charge on any atom is 0.155 e. The van der Waals surface area contributed by atoms with Gasteiger partial charge in [0, 0.05) is 6.42 Å². The first-order valence-corrected chi connectivity index (χ1v) is 9.93. The summed E-state index contributed by atoms with van der Waals surface area (Å²) in [4.78, 5) is 11.9. The van der Waals surface area contributed by atoms with E-state index < -0.39 is 0 Å². The molecule has 0 aromatic carbocycles. The van der Waals surface area contributed by atoms with E-state index in [9.17, 15) is 4.79 Å². The molecule has 128 valence electrons. The Kier molecular flexibility index (Phi) is 3.75. The molecular formula is C21H33NO. The SMILES string of the molecule is CC12CCC3C(CCC4=CC(=O)CC[C@@]43C)C1CCC2CCN. The van der Waals surface area contributed by atoms with E-state index in [1.807, 2.05) is 6.08 Å². The average Bonchev–Trinajstić information content (AvgIpc) is 2.85. The monoisotopic (exact) mass is 315 g/mol. The molecule has 0 aliphatic heterocycles. The Hall–Kier alpha value is -0.630. The van der Waals surface area contributed by atoms with Crippen molar-refractivity contribution in [3.63, 3.8) is 0 Å². The summed E-state index contributed by atoms with van der Waals surface area (Å²) in [7, 11) is 0. The van der Waals surface area contributed by atoms with Gasteiger partial charge in [-0.25, -0.2) is 0 Å². The molecule has 0 heterocycles. The molecule has 4 aliphatic carbocycles. The third-order valence-corrected chi connectivity index (χ3v) is 8.67. The second-order valence-electron chi connectivity index (χ2n) is 9.36. The Bertz CT molecular complexity index is 538. The molecule has 0 aromatic heterocycles. The Labute approximate surface area is 141 Å². The summed E-state index contributed by atoms with van der Waals surface area (Å²) in [5.74, 6) is 3.86. The summed E-state index contributed by atoms with van der Waals surface area (Å²) in [5, 5.41) is 0. The number of rotatable bonds is 2. The maximum atomic E-state index is 11.9. The third-order valence-electron chi connectivity index (χ3n) is 8.67. The van der Waals surface area contributed by atoms with Crippen LogP contribution in [0.2, 0.25) is 0 Å². The van der Waals surface area contributed by atoms with Crippen LogP contribution in [0.4, 0.5) is 0 Å². The molecule has 0 aromatic rings. The molecule has 3 fully saturated rings. The van der Waals surface area contributed by atoms with E-state index in [2.05, 4.69) is 13.8 Å². The molecule has 2 nitrogen and oxygen atoms in total. The minimum atomic E-state index is 0.324. The van der Waals surface area contributed by atoms with Gasteiger partial charge < -0.3 is 5.73 Å². The van der Waals surface area contributed by atoms with E-state index in [1.165, 1.54) is 50.5 Å². The van der Waals surface area contributed by atoms with Crippen LogP contribution >= 0.6 is 0 Å². The Morgan fingerprint density at radius 3 is 2.70 bits per heavy atom. The van der Waals surface area contributed by atoms with Crippen molar-refractivity contribution in [3.05, 3.63) is 11.6 Å². The maximum absolute atomic E-state index is 11.9. The van der Waals surface area contributed by atoms with Gasteiger partial charge in [-0.3, -0.25) is 4.79 Å². The molecule has 0 spiro atoms. The topological polar surface area (TPSA) is 43.1 Å². The van der Waals surface area contributed by atoms with E-state index in [-0.39, 0.29) is 0 Å². The van der Waals surface area contributed by atoms with Crippen molar-refractivity contribution in [2.75, 3.05) is 6.54 Å². The van der Waals surface area contributed by atoms with Crippen LogP contribution in [0.5, 0.6) is 0 Å². The van der Waals surface area contributed by atoms with Gasteiger partial charge >= 0.3 is 0 Å². The lowest BCUT2D eigenvalue weighted by molar-refractivity contribution is -0.117. The number of ketones is 1. The van der Waals surface area contributed by atoms with E-state index >= 15 is 0 Å². The number of allylic oxidation sites excluding steroid dienone is 1. The van der Waals surface area contributed by atoms with E-state index in [4.69, 9.17) is 5.73 Å². The molecule has 0 amide bonds. The van der Waals surface area contributed by atoms with Gasteiger partial charge in [-0.15, -0.1) is 0 Å². The Morgan fingerprint density at radius 1 is 1.09 bits per heavy atom. The Morgan fingerprint density at radius 2 is 1.91 bits per heavy atom. The van der Waals surface area contributed by atoms with Gasteiger partial charge in [-0.05, 0) is 98.5 Å². The highest BCUT2D eigenvalue weighted by molar-refractivity contribution is 5.91. The minimum Gasteiger partial charge on any atom is -0.330 e. The molecule has 2 heteroatoms. The molecular weight excluding hydrogens is 282 g/mol. The van der Waals surface area contributed by atoms with Crippen LogP contribution in [0.25, 0.3) is 0 Å². The second kappa shape index (κ2) is 5.44. The molecule has 4 aliphatic rings. The molecule has 3 saturated carbocycles. The molecule has 0 bridgehead atoms. The highest BCUT2D eigenvalue weighted by Crippen LogP contribution is 2.66. The van der Waals surface area contributed by atoms with Crippen LogP contribution in [0.15, 0.2) is 11.6 Å². The van der Waals surface area contributed by atoms with Crippen molar-refractivity contribution in [1.82, 2.24) is 0 Å². The van der Waals surface area contributed by atoms with Gasteiger partial charge in [0.15, 0.2) is 5.78 Å². The fourth-order valence-corrected chi connectivity index (χ4v) is 7.34. The highest BCUT2D eigenvalue weighted by Gasteiger charge is 2.58. The highest BCUT2D eigenvalue weighted by atomic mass is 16.1. The minimum absolute atomic E-state index is 0.324. The largest absolute Gasteiger partial charge is 0.330 e.